The summed E-state index contributed by atoms with van der Waals surface area (Å²) in [7, 11) is 0. The van der Waals surface area contributed by atoms with E-state index in [0.717, 1.165) is 5.56 Å². The molecule has 1 heterocycles. The topological polar surface area (TPSA) is 57.6 Å². The van der Waals surface area contributed by atoms with Crippen LogP contribution in [0.4, 0.5) is 0 Å². The van der Waals surface area contributed by atoms with E-state index in [4.69, 9.17) is 16.7 Å². The number of amides is 1. The van der Waals surface area contributed by atoms with Gasteiger partial charge in [0.2, 0.25) is 5.91 Å². The quantitative estimate of drug-likeness (QED) is 0.919. The van der Waals surface area contributed by atoms with Gasteiger partial charge in [-0.2, -0.15) is 0 Å². The first-order chi connectivity index (χ1) is 8.97. The fraction of sp³-hybridized carbons (Fsp3) is 0.429. The van der Waals surface area contributed by atoms with Gasteiger partial charge in [-0.25, -0.2) is 0 Å². The highest BCUT2D eigenvalue weighted by Gasteiger charge is 2.36. The molecule has 1 aromatic carbocycles. The molecule has 5 heteroatoms. The summed E-state index contributed by atoms with van der Waals surface area (Å²) >= 11 is 5.87. The lowest BCUT2D eigenvalue weighted by molar-refractivity contribution is -0.150. The van der Waals surface area contributed by atoms with E-state index in [1.54, 1.807) is 24.0 Å². The molecule has 0 aromatic heterocycles. The maximum Gasteiger partial charge on any atom is 0.306 e. The second kappa shape index (κ2) is 5.61. The average molecular weight is 282 g/mol. The van der Waals surface area contributed by atoms with Gasteiger partial charge in [0.15, 0.2) is 0 Å². The van der Waals surface area contributed by atoms with Gasteiger partial charge < -0.3 is 10.0 Å². The second-order valence-electron chi connectivity index (χ2n) is 4.99. The second-order valence-corrected chi connectivity index (χ2v) is 5.43. The van der Waals surface area contributed by atoms with Crippen molar-refractivity contribution in [3.05, 3.63) is 34.9 Å². The molecule has 0 spiro atoms. The van der Waals surface area contributed by atoms with Crippen molar-refractivity contribution < 1.29 is 14.7 Å². The molecule has 0 aliphatic carbocycles. The molecule has 1 aromatic rings. The van der Waals surface area contributed by atoms with Gasteiger partial charge in [0.05, 0.1) is 12.3 Å². The lowest BCUT2D eigenvalue weighted by Gasteiger charge is -2.41. The van der Waals surface area contributed by atoms with Crippen LogP contribution in [0.3, 0.4) is 0 Å². The minimum atomic E-state index is -0.799. The Balaban J connectivity index is 1.85. The van der Waals surface area contributed by atoms with Crippen LogP contribution in [0.15, 0.2) is 24.3 Å². The Bertz CT molecular complexity index is 497. The summed E-state index contributed by atoms with van der Waals surface area (Å²) in [5.74, 6) is -1.10. The van der Waals surface area contributed by atoms with E-state index in [0.29, 0.717) is 24.5 Å². The number of rotatable bonds is 4. The fourth-order valence-electron chi connectivity index (χ4n) is 2.17. The molecule has 1 unspecified atom stereocenters. The molecule has 1 N–H and O–H groups in total. The number of likely N-dealkylation sites (tertiary alicyclic amines) is 1. The minimum absolute atomic E-state index is 0.0242. The highest BCUT2D eigenvalue weighted by Crippen LogP contribution is 2.25. The number of carbonyl (C=O) groups excluding carboxylic acids is 1. The normalized spacial score (nSPS) is 16.8. The van der Waals surface area contributed by atoms with E-state index in [1.807, 2.05) is 12.1 Å². The van der Waals surface area contributed by atoms with Gasteiger partial charge in [-0.15, -0.1) is 0 Å². The number of carboxylic acid groups (broad SMARTS) is 1. The maximum absolute atomic E-state index is 12.0. The minimum Gasteiger partial charge on any atom is -0.481 e. The first kappa shape index (κ1) is 13.9. The van der Waals surface area contributed by atoms with Crippen LogP contribution in [0.1, 0.15) is 12.5 Å². The molecule has 102 valence electrons. The van der Waals surface area contributed by atoms with Crippen molar-refractivity contribution in [2.75, 3.05) is 13.1 Å². The molecule has 1 fully saturated rings. The van der Waals surface area contributed by atoms with Crippen molar-refractivity contribution in [2.45, 2.75) is 13.3 Å². The Hall–Kier alpha value is -1.55. The zero-order valence-corrected chi connectivity index (χ0v) is 11.4. The number of hydrogen-bond donors (Lipinski definition) is 1. The molecular formula is C14H16ClNO3. The Morgan fingerprint density at radius 1 is 1.47 bits per heavy atom. The largest absolute Gasteiger partial charge is 0.481 e. The van der Waals surface area contributed by atoms with Gasteiger partial charge in [-0.3, -0.25) is 9.59 Å². The van der Waals surface area contributed by atoms with Crippen LogP contribution in [0.2, 0.25) is 5.02 Å². The van der Waals surface area contributed by atoms with Gasteiger partial charge in [0, 0.05) is 24.0 Å². The number of aliphatic carboxylic acids is 1. The van der Waals surface area contributed by atoms with E-state index >= 15 is 0 Å². The number of carbonyl (C=O) groups is 2. The number of hydrogen-bond acceptors (Lipinski definition) is 2. The Labute approximate surface area is 117 Å². The predicted octanol–water partition coefficient (Wildman–Crippen LogP) is 2.06. The third-order valence-electron chi connectivity index (χ3n) is 3.60. The van der Waals surface area contributed by atoms with E-state index < -0.39 is 11.9 Å². The van der Waals surface area contributed by atoms with Crippen molar-refractivity contribution in [1.82, 2.24) is 4.90 Å². The van der Waals surface area contributed by atoms with E-state index in [2.05, 4.69) is 0 Å². The predicted molar refractivity (Wildman–Crippen MR) is 72.0 cm³/mol. The molecular weight excluding hydrogens is 266 g/mol. The molecule has 1 amide bonds. The van der Waals surface area contributed by atoms with Crippen molar-refractivity contribution in [3.8, 4) is 0 Å². The first-order valence-electron chi connectivity index (χ1n) is 6.22. The molecule has 19 heavy (non-hydrogen) atoms. The first-order valence-corrected chi connectivity index (χ1v) is 6.60. The Morgan fingerprint density at radius 2 is 2.16 bits per heavy atom. The van der Waals surface area contributed by atoms with Gasteiger partial charge in [0.1, 0.15) is 0 Å². The van der Waals surface area contributed by atoms with E-state index in [9.17, 15) is 9.59 Å². The zero-order valence-electron chi connectivity index (χ0n) is 10.7. The van der Waals surface area contributed by atoms with Crippen molar-refractivity contribution in [1.29, 1.82) is 0 Å². The van der Waals surface area contributed by atoms with Crippen molar-refractivity contribution in [3.63, 3.8) is 0 Å². The SMILES string of the molecule is CC(C(=O)O)C1CN(C(=O)Cc2cccc(Cl)c2)C1. The highest BCUT2D eigenvalue weighted by atomic mass is 35.5. The van der Waals surface area contributed by atoms with Crippen molar-refractivity contribution >= 4 is 23.5 Å². The van der Waals surface area contributed by atoms with Gasteiger partial charge in [0.25, 0.3) is 0 Å². The van der Waals surface area contributed by atoms with E-state index in [1.165, 1.54) is 0 Å². The fourth-order valence-corrected chi connectivity index (χ4v) is 2.38. The van der Waals surface area contributed by atoms with Gasteiger partial charge in [-0.1, -0.05) is 30.7 Å². The number of nitrogens with zero attached hydrogens (tertiary/aromatic N) is 1. The highest BCUT2D eigenvalue weighted by molar-refractivity contribution is 6.30. The smallest absolute Gasteiger partial charge is 0.306 e. The summed E-state index contributed by atoms with van der Waals surface area (Å²) in [6.45, 7) is 2.76. The molecule has 1 aliphatic rings. The zero-order chi connectivity index (χ0) is 14.0. The van der Waals surface area contributed by atoms with Crippen molar-refractivity contribution in [2.24, 2.45) is 11.8 Å². The van der Waals surface area contributed by atoms with Crippen LogP contribution >= 0.6 is 11.6 Å². The molecule has 1 aliphatic heterocycles. The van der Waals surface area contributed by atoms with Gasteiger partial charge >= 0.3 is 5.97 Å². The third kappa shape index (κ3) is 3.26. The summed E-state index contributed by atoms with van der Waals surface area (Å²) in [5, 5.41) is 9.51. The lowest BCUT2D eigenvalue weighted by atomic mass is 9.87. The van der Waals surface area contributed by atoms with Crippen LogP contribution < -0.4 is 0 Å². The molecule has 1 saturated heterocycles. The number of halogens is 1. The molecule has 1 atom stereocenters. The Kier molecular flexibility index (Phi) is 4.10. The Morgan fingerprint density at radius 3 is 2.74 bits per heavy atom. The monoisotopic (exact) mass is 281 g/mol. The molecule has 4 nitrogen and oxygen atoms in total. The number of carboxylic acids is 1. The molecule has 0 saturated carbocycles. The summed E-state index contributed by atoms with van der Waals surface area (Å²) in [5.41, 5.74) is 0.882. The molecule has 0 bridgehead atoms. The summed E-state index contributed by atoms with van der Waals surface area (Å²) < 4.78 is 0. The van der Waals surface area contributed by atoms with E-state index in [-0.39, 0.29) is 11.8 Å². The van der Waals surface area contributed by atoms with Crippen LogP contribution in [0.25, 0.3) is 0 Å². The molecule has 2 rings (SSSR count). The van der Waals surface area contributed by atoms with Crippen LogP contribution in [0, 0.1) is 11.8 Å². The number of benzene rings is 1. The summed E-state index contributed by atoms with van der Waals surface area (Å²) in [4.78, 5) is 24.5. The van der Waals surface area contributed by atoms with Crippen LogP contribution in [0.5, 0.6) is 0 Å². The van der Waals surface area contributed by atoms with Gasteiger partial charge in [-0.05, 0) is 17.7 Å². The summed E-state index contributed by atoms with van der Waals surface area (Å²) in [6, 6.07) is 7.22. The third-order valence-corrected chi connectivity index (χ3v) is 3.84. The summed E-state index contributed by atoms with van der Waals surface area (Å²) in [6.07, 6.45) is 0.314. The van der Waals surface area contributed by atoms with Crippen LogP contribution in [-0.2, 0) is 16.0 Å². The average Bonchev–Trinajstić information content (AvgIpc) is 2.26. The molecule has 0 radical (unpaired) electrons. The standard InChI is InChI=1S/C14H16ClNO3/c1-9(14(18)19)11-7-16(8-11)13(17)6-10-3-2-4-12(15)5-10/h2-5,9,11H,6-8H2,1H3,(H,18,19). The lowest BCUT2D eigenvalue weighted by Crippen LogP contribution is -2.53. The van der Waals surface area contributed by atoms with Crippen LogP contribution in [-0.4, -0.2) is 35.0 Å². The maximum atomic E-state index is 12.0.